The Bertz CT molecular complexity index is 953. The lowest BCUT2D eigenvalue weighted by molar-refractivity contribution is 0.208. The lowest BCUT2D eigenvalue weighted by Gasteiger charge is -2.36. The molecule has 1 aromatic heterocycles. The molecule has 29 heavy (non-hydrogen) atoms. The van der Waals surface area contributed by atoms with Crippen molar-refractivity contribution < 1.29 is 9.53 Å². The van der Waals surface area contributed by atoms with Crippen LogP contribution in [0.25, 0.3) is 0 Å². The van der Waals surface area contributed by atoms with E-state index in [2.05, 4.69) is 46.4 Å². The van der Waals surface area contributed by atoms with E-state index >= 15 is 0 Å². The Morgan fingerprint density at radius 2 is 1.97 bits per heavy atom. The summed E-state index contributed by atoms with van der Waals surface area (Å²) in [6.45, 7) is 5.56. The van der Waals surface area contributed by atoms with E-state index in [0.717, 1.165) is 24.5 Å². The van der Waals surface area contributed by atoms with Gasteiger partial charge in [-0.1, -0.05) is 18.2 Å². The van der Waals surface area contributed by atoms with Crippen molar-refractivity contribution in [1.29, 1.82) is 0 Å². The normalized spacial score (nSPS) is 14.0. The predicted molar refractivity (Wildman–Crippen MR) is 117 cm³/mol. The summed E-state index contributed by atoms with van der Waals surface area (Å²) >= 11 is 1.54. The minimum Gasteiger partial charge on any atom is -0.487 e. The average molecular weight is 409 g/mol. The molecule has 1 aliphatic rings. The fraction of sp³-hybridized carbons (Fsp3) is 0.273. The summed E-state index contributed by atoms with van der Waals surface area (Å²) < 4.78 is 5.76. The summed E-state index contributed by atoms with van der Waals surface area (Å²) in [6, 6.07) is 15.9. The summed E-state index contributed by atoms with van der Waals surface area (Å²) in [5.41, 5.74) is 5.88. The van der Waals surface area contributed by atoms with Crippen molar-refractivity contribution in [1.82, 2.24) is 9.88 Å². The minimum absolute atomic E-state index is 0.0782. The van der Waals surface area contributed by atoms with Crippen LogP contribution in [0.2, 0.25) is 0 Å². The van der Waals surface area contributed by atoms with Crippen LogP contribution >= 0.6 is 11.3 Å². The maximum Gasteiger partial charge on any atom is 0.321 e. The van der Waals surface area contributed by atoms with Gasteiger partial charge in [0.05, 0.1) is 11.2 Å². The number of anilines is 2. The highest BCUT2D eigenvalue weighted by Crippen LogP contribution is 2.21. The molecule has 6 nitrogen and oxygen atoms in total. The van der Waals surface area contributed by atoms with Gasteiger partial charge in [0.2, 0.25) is 0 Å². The Labute approximate surface area is 174 Å². The lowest BCUT2D eigenvalue weighted by Crippen LogP contribution is -2.50. The molecule has 0 bridgehead atoms. The molecule has 150 valence electrons. The van der Waals surface area contributed by atoms with Gasteiger partial charge in [0.1, 0.15) is 12.4 Å². The number of aryl methyl sites for hydroxylation is 1. The topological polar surface area (TPSA) is 57.7 Å². The second kappa shape index (κ2) is 8.96. The van der Waals surface area contributed by atoms with Gasteiger partial charge < -0.3 is 19.9 Å². The number of carbonyl (C=O) groups is 1. The third kappa shape index (κ3) is 5.06. The number of rotatable bonds is 5. The number of carbonyl (C=O) groups excluding carboxylic acids is 1. The Balaban J connectivity index is 1.30. The fourth-order valence-electron chi connectivity index (χ4n) is 3.32. The Morgan fingerprint density at radius 3 is 2.72 bits per heavy atom. The van der Waals surface area contributed by atoms with E-state index in [0.29, 0.717) is 25.4 Å². The summed E-state index contributed by atoms with van der Waals surface area (Å²) in [4.78, 5) is 21.1. The molecule has 3 aromatic rings. The van der Waals surface area contributed by atoms with Gasteiger partial charge in [-0.15, -0.1) is 11.3 Å². The maximum absolute atomic E-state index is 12.7. The van der Waals surface area contributed by atoms with Crippen LogP contribution in [0.1, 0.15) is 11.3 Å². The molecule has 1 saturated heterocycles. The first kappa shape index (κ1) is 19.3. The van der Waals surface area contributed by atoms with Gasteiger partial charge in [0.15, 0.2) is 0 Å². The lowest BCUT2D eigenvalue weighted by atomic mass is 10.2. The summed E-state index contributed by atoms with van der Waals surface area (Å²) in [5, 5.41) is 4.94. The van der Waals surface area contributed by atoms with Crippen LogP contribution in [-0.2, 0) is 6.61 Å². The van der Waals surface area contributed by atoms with Gasteiger partial charge in [-0.3, -0.25) is 0 Å². The number of thiazole rings is 1. The number of urea groups is 1. The second-order valence-corrected chi connectivity index (χ2v) is 7.76. The monoisotopic (exact) mass is 408 g/mol. The number of nitrogens with one attached hydrogen (secondary N) is 1. The maximum atomic E-state index is 12.7. The zero-order chi connectivity index (χ0) is 20.1. The van der Waals surface area contributed by atoms with Gasteiger partial charge in [0.25, 0.3) is 0 Å². The Kier molecular flexibility index (Phi) is 5.95. The summed E-state index contributed by atoms with van der Waals surface area (Å²) in [7, 11) is 0. The molecular weight excluding hydrogens is 384 g/mol. The average Bonchev–Trinajstić information content (AvgIpc) is 3.26. The molecule has 0 aliphatic carbocycles. The molecule has 0 unspecified atom stereocenters. The number of aromatic nitrogens is 1. The summed E-state index contributed by atoms with van der Waals surface area (Å²) in [6.07, 6.45) is 0. The molecule has 1 N–H and O–H groups in total. The standard InChI is InChI=1S/C22H24N4O2S/c1-17-4-2-6-20(12-17)25-8-10-26(11-9-25)22(27)24-18-5-3-7-21(13-18)28-14-19-15-29-16-23-19/h2-7,12-13,15-16H,8-11,14H2,1H3,(H,24,27). The molecule has 7 heteroatoms. The van der Waals surface area contributed by atoms with E-state index in [9.17, 15) is 4.79 Å². The van der Waals surface area contributed by atoms with Crippen molar-refractivity contribution in [2.45, 2.75) is 13.5 Å². The third-order valence-electron chi connectivity index (χ3n) is 4.89. The van der Waals surface area contributed by atoms with Crippen molar-refractivity contribution in [2.75, 3.05) is 36.4 Å². The second-order valence-electron chi connectivity index (χ2n) is 7.04. The number of benzene rings is 2. The molecule has 1 fully saturated rings. The Hall–Kier alpha value is -3.06. The van der Waals surface area contributed by atoms with Crippen molar-refractivity contribution in [3.05, 3.63) is 70.7 Å². The third-order valence-corrected chi connectivity index (χ3v) is 5.52. The van der Waals surface area contributed by atoms with Crippen molar-refractivity contribution in [3.63, 3.8) is 0 Å². The molecule has 0 atom stereocenters. The zero-order valence-corrected chi connectivity index (χ0v) is 17.2. The van der Waals surface area contributed by atoms with Crippen LogP contribution in [0.15, 0.2) is 59.4 Å². The number of piperazine rings is 1. The van der Waals surface area contributed by atoms with E-state index in [1.165, 1.54) is 11.3 Å². The zero-order valence-electron chi connectivity index (χ0n) is 16.4. The fourth-order valence-corrected chi connectivity index (χ4v) is 3.87. The van der Waals surface area contributed by atoms with E-state index in [4.69, 9.17) is 4.74 Å². The van der Waals surface area contributed by atoms with Crippen LogP contribution in [0.3, 0.4) is 0 Å². The van der Waals surface area contributed by atoms with Crippen LogP contribution in [0.5, 0.6) is 5.75 Å². The highest BCUT2D eigenvalue weighted by atomic mass is 32.1. The highest BCUT2D eigenvalue weighted by molar-refractivity contribution is 7.07. The van der Waals surface area contributed by atoms with E-state index in [-0.39, 0.29) is 6.03 Å². The van der Waals surface area contributed by atoms with Crippen molar-refractivity contribution in [2.24, 2.45) is 0 Å². The predicted octanol–water partition coefficient (Wildman–Crippen LogP) is 4.38. The quantitative estimate of drug-likeness (QED) is 0.680. The van der Waals surface area contributed by atoms with Gasteiger partial charge in [-0.25, -0.2) is 9.78 Å². The SMILES string of the molecule is Cc1cccc(N2CCN(C(=O)Nc3cccc(OCc4cscn4)c3)CC2)c1. The van der Waals surface area contributed by atoms with Crippen LogP contribution < -0.4 is 15.0 Å². The largest absolute Gasteiger partial charge is 0.487 e. The molecule has 4 rings (SSSR count). The van der Waals surface area contributed by atoms with Crippen molar-refractivity contribution in [3.8, 4) is 5.75 Å². The first-order chi connectivity index (χ1) is 14.2. The van der Waals surface area contributed by atoms with Crippen molar-refractivity contribution >= 4 is 28.7 Å². The van der Waals surface area contributed by atoms with Gasteiger partial charge in [-0.05, 0) is 36.8 Å². The number of nitrogens with zero attached hydrogens (tertiary/aromatic N) is 3. The Morgan fingerprint density at radius 1 is 1.14 bits per heavy atom. The minimum atomic E-state index is -0.0782. The number of ether oxygens (including phenoxy) is 1. The molecule has 2 aromatic carbocycles. The highest BCUT2D eigenvalue weighted by Gasteiger charge is 2.21. The summed E-state index contributed by atoms with van der Waals surface area (Å²) in [5.74, 6) is 0.708. The van der Waals surface area contributed by atoms with E-state index in [1.807, 2.05) is 34.5 Å². The first-order valence-electron chi connectivity index (χ1n) is 9.65. The first-order valence-corrected chi connectivity index (χ1v) is 10.6. The molecule has 1 aliphatic heterocycles. The number of hydrogen-bond donors (Lipinski definition) is 1. The van der Waals surface area contributed by atoms with Crippen LogP contribution in [-0.4, -0.2) is 42.1 Å². The van der Waals surface area contributed by atoms with E-state index in [1.54, 1.807) is 16.8 Å². The van der Waals surface area contributed by atoms with Gasteiger partial charge >= 0.3 is 6.03 Å². The van der Waals surface area contributed by atoms with Gasteiger partial charge in [0, 0.05) is 49.0 Å². The number of hydrogen-bond acceptors (Lipinski definition) is 5. The molecule has 0 spiro atoms. The molecule has 2 amide bonds. The molecule has 0 radical (unpaired) electrons. The molecular formula is C22H24N4O2S. The van der Waals surface area contributed by atoms with Crippen LogP contribution in [0, 0.1) is 6.92 Å². The smallest absolute Gasteiger partial charge is 0.321 e. The molecule has 0 saturated carbocycles. The van der Waals surface area contributed by atoms with Gasteiger partial charge in [-0.2, -0.15) is 0 Å². The van der Waals surface area contributed by atoms with E-state index < -0.39 is 0 Å². The molecule has 2 heterocycles. The number of amides is 2. The van der Waals surface area contributed by atoms with Crippen LogP contribution in [0.4, 0.5) is 16.2 Å².